The molecule has 0 saturated heterocycles. The highest BCUT2D eigenvalue weighted by molar-refractivity contribution is 5.84. The van der Waals surface area contributed by atoms with E-state index in [9.17, 15) is 4.39 Å². The first-order valence-corrected chi connectivity index (χ1v) is 6.09. The van der Waals surface area contributed by atoms with Crippen LogP contribution in [0, 0.1) is 11.7 Å². The van der Waals surface area contributed by atoms with Crippen molar-refractivity contribution in [2.45, 2.75) is 26.8 Å². The first-order chi connectivity index (χ1) is 8.11. The van der Waals surface area contributed by atoms with Gasteiger partial charge < -0.3 is 10.3 Å². The third-order valence-electron chi connectivity index (χ3n) is 2.90. The van der Waals surface area contributed by atoms with Crippen LogP contribution < -0.4 is 5.73 Å². The summed E-state index contributed by atoms with van der Waals surface area (Å²) < 4.78 is 15.4. The maximum atomic E-state index is 13.3. The number of halogens is 1. The normalized spacial score (nSPS) is 11.6. The summed E-state index contributed by atoms with van der Waals surface area (Å²) in [5.74, 6) is 0.361. The quantitative estimate of drug-likeness (QED) is 0.866. The van der Waals surface area contributed by atoms with E-state index in [4.69, 9.17) is 5.73 Å². The zero-order chi connectivity index (χ0) is 12.4. The summed E-state index contributed by atoms with van der Waals surface area (Å²) >= 11 is 0. The van der Waals surface area contributed by atoms with Gasteiger partial charge in [0.05, 0.1) is 5.52 Å². The number of hydrogen-bond acceptors (Lipinski definition) is 1. The van der Waals surface area contributed by atoms with Crippen molar-refractivity contribution in [3.8, 4) is 0 Å². The molecular weight excluding hydrogens is 215 g/mol. The number of nitrogens with two attached hydrogens (primary N) is 1. The molecule has 2 aromatic rings. The average Bonchev–Trinajstić information content (AvgIpc) is 2.56. The molecule has 1 heterocycles. The molecule has 2 N–H and O–H groups in total. The molecule has 0 unspecified atom stereocenters. The summed E-state index contributed by atoms with van der Waals surface area (Å²) in [6.07, 6.45) is 2.95. The number of fused-ring (bicyclic) bond motifs is 1. The number of hydrogen-bond donors (Lipinski definition) is 1. The van der Waals surface area contributed by atoms with E-state index in [1.54, 1.807) is 6.07 Å². The molecule has 17 heavy (non-hydrogen) atoms. The van der Waals surface area contributed by atoms with Gasteiger partial charge in [0, 0.05) is 18.1 Å². The number of nitrogens with zero attached hydrogens (tertiary/aromatic N) is 1. The largest absolute Gasteiger partial charge is 0.347 e. The lowest BCUT2D eigenvalue weighted by Gasteiger charge is -2.07. The molecule has 0 aliphatic carbocycles. The van der Waals surface area contributed by atoms with Crippen LogP contribution in [0.1, 0.15) is 19.4 Å². The molecule has 1 aromatic carbocycles. The monoisotopic (exact) mass is 234 g/mol. The summed E-state index contributed by atoms with van der Waals surface area (Å²) in [6, 6.07) is 4.98. The van der Waals surface area contributed by atoms with Crippen LogP contribution >= 0.6 is 0 Å². The maximum Gasteiger partial charge on any atom is 0.125 e. The van der Waals surface area contributed by atoms with Gasteiger partial charge in [0.15, 0.2) is 0 Å². The highest BCUT2D eigenvalue weighted by Crippen LogP contribution is 2.23. The van der Waals surface area contributed by atoms with Crippen LogP contribution in [0.4, 0.5) is 4.39 Å². The fourth-order valence-electron chi connectivity index (χ4n) is 2.24. The predicted molar refractivity (Wildman–Crippen MR) is 69.5 cm³/mol. The summed E-state index contributed by atoms with van der Waals surface area (Å²) in [5.41, 5.74) is 7.79. The SMILES string of the molecule is CC(C)Cn1cc(CCN)c2ccc(F)cc21. The van der Waals surface area contributed by atoms with Crippen LogP contribution in [0.25, 0.3) is 10.9 Å². The molecule has 92 valence electrons. The van der Waals surface area contributed by atoms with E-state index in [1.807, 2.05) is 6.07 Å². The smallest absolute Gasteiger partial charge is 0.125 e. The Kier molecular flexibility index (Phi) is 3.48. The predicted octanol–water partition coefficient (Wildman–Crippen LogP) is 2.94. The Morgan fingerprint density at radius 3 is 2.76 bits per heavy atom. The van der Waals surface area contributed by atoms with Crippen molar-refractivity contribution in [2.75, 3.05) is 6.54 Å². The Labute approximate surface area is 101 Å². The van der Waals surface area contributed by atoms with Crippen LogP contribution in [0.3, 0.4) is 0 Å². The van der Waals surface area contributed by atoms with Gasteiger partial charge in [-0.05, 0) is 42.6 Å². The number of aromatic nitrogens is 1. The third kappa shape index (κ3) is 2.50. The summed E-state index contributed by atoms with van der Waals surface area (Å²) in [6.45, 7) is 5.85. The van der Waals surface area contributed by atoms with E-state index in [0.29, 0.717) is 12.5 Å². The van der Waals surface area contributed by atoms with Gasteiger partial charge in [-0.15, -0.1) is 0 Å². The summed E-state index contributed by atoms with van der Waals surface area (Å²) in [7, 11) is 0. The summed E-state index contributed by atoms with van der Waals surface area (Å²) in [5, 5.41) is 1.12. The Morgan fingerprint density at radius 2 is 2.12 bits per heavy atom. The lowest BCUT2D eigenvalue weighted by molar-refractivity contribution is 0.533. The van der Waals surface area contributed by atoms with E-state index < -0.39 is 0 Å². The minimum Gasteiger partial charge on any atom is -0.347 e. The van der Waals surface area contributed by atoms with E-state index in [0.717, 1.165) is 23.9 Å². The molecule has 3 heteroatoms. The second kappa shape index (κ2) is 4.88. The molecule has 0 fully saturated rings. The van der Waals surface area contributed by atoms with Crippen LogP contribution in [0.5, 0.6) is 0 Å². The number of benzene rings is 1. The third-order valence-corrected chi connectivity index (χ3v) is 2.90. The molecule has 0 bridgehead atoms. The van der Waals surface area contributed by atoms with Gasteiger partial charge in [0.1, 0.15) is 5.82 Å². The van der Waals surface area contributed by atoms with Crippen molar-refractivity contribution in [1.29, 1.82) is 0 Å². The van der Waals surface area contributed by atoms with E-state index in [-0.39, 0.29) is 5.82 Å². The first-order valence-electron chi connectivity index (χ1n) is 6.09. The minimum atomic E-state index is -0.181. The van der Waals surface area contributed by atoms with Crippen molar-refractivity contribution in [3.05, 3.63) is 35.8 Å². The molecule has 0 aliphatic heterocycles. The van der Waals surface area contributed by atoms with Crippen molar-refractivity contribution in [2.24, 2.45) is 11.7 Å². The molecule has 0 aliphatic rings. The Balaban J connectivity index is 2.54. The molecule has 2 nitrogen and oxygen atoms in total. The fraction of sp³-hybridized carbons (Fsp3) is 0.429. The van der Waals surface area contributed by atoms with Crippen LogP contribution in [-0.2, 0) is 13.0 Å². The summed E-state index contributed by atoms with van der Waals surface area (Å²) in [4.78, 5) is 0. The van der Waals surface area contributed by atoms with Gasteiger partial charge in [0.25, 0.3) is 0 Å². The lowest BCUT2D eigenvalue weighted by atomic mass is 10.1. The molecule has 1 aromatic heterocycles. The van der Waals surface area contributed by atoms with E-state index in [1.165, 1.54) is 11.6 Å². The lowest BCUT2D eigenvalue weighted by Crippen LogP contribution is -2.04. The number of rotatable bonds is 4. The van der Waals surface area contributed by atoms with Crippen LogP contribution in [0.15, 0.2) is 24.4 Å². The van der Waals surface area contributed by atoms with Gasteiger partial charge in [-0.1, -0.05) is 13.8 Å². The second-order valence-electron chi connectivity index (χ2n) is 4.90. The van der Waals surface area contributed by atoms with E-state index >= 15 is 0 Å². The van der Waals surface area contributed by atoms with Crippen LogP contribution in [0.2, 0.25) is 0 Å². The molecule has 0 spiro atoms. The molecule has 0 atom stereocenters. The first kappa shape index (κ1) is 12.1. The van der Waals surface area contributed by atoms with Gasteiger partial charge in [-0.2, -0.15) is 0 Å². The molecular formula is C14H19FN2. The molecule has 0 amide bonds. The van der Waals surface area contributed by atoms with Crippen molar-refractivity contribution >= 4 is 10.9 Å². The highest BCUT2D eigenvalue weighted by atomic mass is 19.1. The Morgan fingerprint density at radius 1 is 1.35 bits per heavy atom. The second-order valence-corrected chi connectivity index (χ2v) is 4.90. The fourth-order valence-corrected chi connectivity index (χ4v) is 2.24. The van der Waals surface area contributed by atoms with Gasteiger partial charge in [0.2, 0.25) is 0 Å². The Bertz CT molecular complexity index is 514. The average molecular weight is 234 g/mol. The molecule has 2 rings (SSSR count). The zero-order valence-corrected chi connectivity index (χ0v) is 10.4. The molecule has 0 saturated carbocycles. The van der Waals surface area contributed by atoms with Crippen molar-refractivity contribution in [1.82, 2.24) is 4.57 Å². The van der Waals surface area contributed by atoms with E-state index in [2.05, 4.69) is 24.6 Å². The Hall–Kier alpha value is -1.35. The van der Waals surface area contributed by atoms with Crippen molar-refractivity contribution < 1.29 is 4.39 Å². The standard InChI is InChI=1S/C14H19FN2/c1-10(2)8-17-9-11(5-6-16)13-4-3-12(15)7-14(13)17/h3-4,7,9-10H,5-6,8,16H2,1-2H3. The zero-order valence-electron chi connectivity index (χ0n) is 10.4. The van der Waals surface area contributed by atoms with Gasteiger partial charge in [-0.3, -0.25) is 0 Å². The van der Waals surface area contributed by atoms with Gasteiger partial charge in [-0.25, -0.2) is 4.39 Å². The highest BCUT2D eigenvalue weighted by Gasteiger charge is 2.09. The van der Waals surface area contributed by atoms with Crippen LogP contribution in [-0.4, -0.2) is 11.1 Å². The maximum absolute atomic E-state index is 13.3. The molecule has 0 radical (unpaired) electrons. The topological polar surface area (TPSA) is 30.9 Å². The van der Waals surface area contributed by atoms with Crippen molar-refractivity contribution in [3.63, 3.8) is 0 Å². The minimum absolute atomic E-state index is 0.181. The van der Waals surface area contributed by atoms with Gasteiger partial charge >= 0.3 is 0 Å².